The molecular formula is C15H23N3O2S. The number of thiocarbonyl (C=S) groups is 1. The molecular weight excluding hydrogens is 286 g/mol. The lowest BCUT2D eigenvalue weighted by molar-refractivity contribution is 0.355. The van der Waals surface area contributed by atoms with E-state index < -0.39 is 0 Å². The first-order chi connectivity index (χ1) is 10.0. The van der Waals surface area contributed by atoms with Crippen molar-refractivity contribution in [1.29, 1.82) is 0 Å². The molecule has 1 rings (SSSR count). The quantitative estimate of drug-likeness (QED) is 0.481. The van der Waals surface area contributed by atoms with Crippen LogP contribution in [0.25, 0.3) is 0 Å². The Bertz CT molecular complexity index is 516. The minimum Gasteiger partial charge on any atom is -0.493 e. The van der Waals surface area contributed by atoms with E-state index in [9.17, 15) is 0 Å². The summed E-state index contributed by atoms with van der Waals surface area (Å²) in [4.78, 5) is 0. The molecule has 0 unspecified atom stereocenters. The summed E-state index contributed by atoms with van der Waals surface area (Å²) in [6.45, 7) is 6.08. The topological polar surface area (TPSA) is 54.9 Å². The van der Waals surface area contributed by atoms with E-state index in [1.807, 2.05) is 39.0 Å². The van der Waals surface area contributed by atoms with Gasteiger partial charge in [0.2, 0.25) is 0 Å². The molecule has 1 aromatic rings. The Hall–Kier alpha value is -1.82. The van der Waals surface area contributed by atoms with E-state index >= 15 is 0 Å². The summed E-state index contributed by atoms with van der Waals surface area (Å²) in [7, 11) is 3.23. The number of methoxy groups -OCH3 is 2. The first-order valence-electron chi connectivity index (χ1n) is 6.87. The van der Waals surface area contributed by atoms with Gasteiger partial charge in [0.1, 0.15) is 0 Å². The van der Waals surface area contributed by atoms with Gasteiger partial charge in [-0.2, -0.15) is 5.10 Å². The second-order valence-electron chi connectivity index (χ2n) is 4.72. The van der Waals surface area contributed by atoms with Crippen molar-refractivity contribution >= 4 is 23.0 Å². The fourth-order valence-electron chi connectivity index (χ4n) is 1.78. The van der Waals surface area contributed by atoms with E-state index in [1.54, 1.807) is 14.2 Å². The van der Waals surface area contributed by atoms with E-state index in [4.69, 9.17) is 21.7 Å². The molecule has 0 spiro atoms. The molecule has 0 aliphatic heterocycles. The Balaban J connectivity index is 2.91. The van der Waals surface area contributed by atoms with Crippen LogP contribution in [0.15, 0.2) is 23.3 Å². The Labute approximate surface area is 131 Å². The second-order valence-corrected chi connectivity index (χ2v) is 5.13. The maximum Gasteiger partial charge on any atom is 0.187 e. The number of ether oxygens (including phenoxy) is 2. The highest BCUT2D eigenvalue weighted by atomic mass is 32.1. The van der Waals surface area contributed by atoms with Crippen LogP contribution >= 0.6 is 12.2 Å². The minimum atomic E-state index is 0.270. The van der Waals surface area contributed by atoms with Crippen molar-refractivity contribution in [3.8, 4) is 11.5 Å². The third-order valence-electron chi connectivity index (χ3n) is 2.76. The minimum absolute atomic E-state index is 0.270. The number of nitrogens with one attached hydrogen (secondary N) is 2. The third kappa shape index (κ3) is 5.23. The SMILES string of the molecule is CCC(=NNC(=S)NC(C)C)c1ccc(OC)c(OC)c1. The molecule has 0 amide bonds. The second kappa shape index (κ2) is 8.46. The predicted molar refractivity (Wildman–Crippen MR) is 90.4 cm³/mol. The third-order valence-corrected chi connectivity index (χ3v) is 2.97. The molecule has 0 saturated heterocycles. The number of hydrogen-bond donors (Lipinski definition) is 2. The molecule has 1 aromatic carbocycles. The maximum atomic E-state index is 5.31. The van der Waals surface area contributed by atoms with Gasteiger partial charge in [-0.1, -0.05) is 6.92 Å². The molecule has 2 N–H and O–H groups in total. The van der Waals surface area contributed by atoms with Crippen LogP contribution < -0.4 is 20.2 Å². The van der Waals surface area contributed by atoms with Gasteiger partial charge >= 0.3 is 0 Å². The molecule has 6 heteroatoms. The van der Waals surface area contributed by atoms with E-state index in [0.29, 0.717) is 16.6 Å². The summed E-state index contributed by atoms with van der Waals surface area (Å²) >= 11 is 5.16. The van der Waals surface area contributed by atoms with Crippen molar-refractivity contribution in [2.75, 3.05) is 14.2 Å². The van der Waals surface area contributed by atoms with E-state index in [0.717, 1.165) is 17.7 Å². The number of hydrogen-bond acceptors (Lipinski definition) is 4. The molecule has 116 valence electrons. The molecule has 0 fully saturated rings. The average Bonchev–Trinajstić information content (AvgIpc) is 2.46. The van der Waals surface area contributed by atoms with Crippen LogP contribution in [0, 0.1) is 0 Å². The summed E-state index contributed by atoms with van der Waals surface area (Å²) < 4.78 is 10.5. The van der Waals surface area contributed by atoms with Gasteiger partial charge in [0.05, 0.1) is 19.9 Å². The lowest BCUT2D eigenvalue weighted by Crippen LogP contribution is -2.37. The number of nitrogens with zero attached hydrogens (tertiary/aromatic N) is 1. The van der Waals surface area contributed by atoms with Gasteiger partial charge in [-0.3, -0.25) is 5.43 Å². The van der Waals surface area contributed by atoms with Crippen molar-refractivity contribution in [2.24, 2.45) is 5.10 Å². The van der Waals surface area contributed by atoms with Gasteiger partial charge in [-0.15, -0.1) is 0 Å². The van der Waals surface area contributed by atoms with Crippen molar-refractivity contribution in [3.63, 3.8) is 0 Å². The fourth-order valence-corrected chi connectivity index (χ4v) is 2.06. The summed E-state index contributed by atoms with van der Waals surface area (Å²) in [5, 5.41) is 7.96. The van der Waals surface area contributed by atoms with Crippen LogP contribution in [0.1, 0.15) is 32.8 Å². The molecule has 0 aromatic heterocycles. The van der Waals surface area contributed by atoms with Crippen LogP contribution in [0.2, 0.25) is 0 Å². The molecule has 0 aliphatic rings. The zero-order chi connectivity index (χ0) is 15.8. The fraction of sp³-hybridized carbons (Fsp3) is 0.467. The van der Waals surface area contributed by atoms with Crippen LogP contribution in [0.4, 0.5) is 0 Å². The molecule has 0 saturated carbocycles. The van der Waals surface area contributed by atoms with Gasteiger partial charge in [0, 0.05) is 11.6 Å². The highest BCUT2D eigenvalue weighted by molar-refractivity contribution is 7.80. The molecule has 0 atom stereocenters. The van der Waals surface area contributed by atoms with Crippen LogP contribution in [-0.2, 0) is 0 Å². The molecule has 0 aliphatic carbocycles. The number of rotatable bonds is 6. The molecule has 0 radical (unpaired) electrons. The molecule has 21 heavy (non-hydrogen) atoms. The Morgan fingerprint density at radius 2 is 1.90 bits per heavy atom. The average molecular weight is 309 g/mol. The monoisotopic (exact) mass is 309 g/mol. The summed E-state index contributed by atoms with van der Waals surface area (Å²) in [6.07, 6.45) is 0.771. The highest BCUT2D eigenvalue weighted by Crippen LogP contribution is 2.28. The zero-order valence-corrected chi connectivity index (χ0v) is 14.0. The summed E-state index contributed by atoms with van der Waals surface area (Å²) in [6, 6.07) is 5.99. The van der Waals surface area contributed by atoms with Gasteiger partial charge in [0.15, 0.2) is 16.6 Å². The van der Waals surface area contributed by atoms with Crippen molar-refractivity contribution in [3.05, 3.63) is 23.8 Å². The van der Waals surface area contributed by atoms with Crippen LogP contribution in [0.3, 0.4) is 0 Å². The normalized spacial score (nSPS) is 11.2. The summed E-state index contributed by atoms with van der Waals surface area (Å²) in [5.74, 6) is 1.38. The Kier molecular flexibility index (Phi) is 6.94. The first-order valence-corrected chi connectivity index (χ1v) is 7.28. The Morgan fingerprint density at radius 1 is 1.24 bits per heavy atom. The van der Waals surface area contributed by atoms with Gasteiger partial charge in [-0.05, 0) is 50.7 Å². The lowest BCUT2D eigenvalue weighted by atomic mass is 10.1. The maximum absolute atomic E-state index is 5.31. The highest BCUT2D eigenvalue weighted by Gasteiger charge is 2.08. The number of benzene rings is 1. The van der Waals surface area contributed by atoms with Crippen LogP contribution in [0.5, 0.6) is 11.5 Å². The van der Waals surface area contributed by atoms with Crippen molar-refractivity contribution in [2.45, 2.75) is 33.2 Å². The van der Waals surface area contributed by atoms with E-state index in [2.05, 4.69) is 15.8 Å². The van der Waals surface area contributed by atoms with Crippen molar-refractivity contribution in [1.82, 2.24) is 10.7 Å². The summed E-state index contributed by atoms with van der Waals surface area (Å²) in [5.41, 5.74) is 4.73. The van der Waals surface area contributed by atoms with Gasteiger partial charge < -0.3 is 14.8 Å². The van der Waals surface area contributed by atoms with Crippen LogP contribution in [-0.4, -0.2) is 31.1 Å². The smallest absolute Gasteiger partial charge is 0.187 e. The molecule has 5 nitrogen and oxygen atoms in total. The largest absolute Gasteiger partial charge is 0.493 e. The standard InChI is InChI=1S/C15H23N3O2S/c1-6-12(17-18-15(21)16-10(2)3)11-7-8-13(19-4)14(9-11)20-5/h7-10H,6H2,1-5H3,(H2,16,18,21). The lowest BCUT2D eigenvalue weighted by Gasteiger charge is -2.13. The molecule has 0 bridgehead atoms. The van der Waals surface area contributed by atoms with Gasteiger partial charge in [-0.25, -0.2) is 0 Å². The first kappa shape index (κ1) is 17.2. The van der Waals surface area contributed by atoms with E-state index in [-0.39, 0.29) is 6.04 Å². The molecule has 0 heterocycles. The number of hydrazone groups is 1. The Morgan fingerprint density at radius 3 is 2.43 bits per heavy atom. The van der Waals surface area contributed by atoms with E-state index in [1.165, 1.54) is 0 Å². The van der Waals surface area contributed by atoms with Gasteiger partial charge in [0.25, 0.3) is 0 Å². The van der Waals surface area contributed by atoms with Crippen molar-refractivity contribution < 1.29 is 9.47 Å². The predicted octanol–water partition coefficient (Wildman–Crippen LogP) is 2.69. The zero-order valence-electron chi connectivity index (χ0n) is 13.2.